The molecule has 0 fully saturated rings. The Morgan fingerprint density at radius 3 is 2.58 bits per heavy atom. The zero-order valence-electron chi connectivity index (χ0n) is 10.5. The first-order chi connectivity index (χ1) is 9.16. The van der Waals surface area contributed by atoms with Gasteiger partial charge in [0.1, 0.15) is 11.6 Å². The lowest BCUT2D eigenvalue weighted by Crippen LogP contribution is -2.39. The summed E-state index contributed by atoms with van der Waals surface area (Å²) < 4.78 is 5.20. The third-order valence-corrected chi connectivity index (χ3v) is 3.40. The maximum atomic E-state index is 11.0. The number of nitrogens with zero attached hydrogens (tertiary/aromatic N) is 1. The van der Waals surface area contributed by atoms with Crippen LogP contribution in [-0.4, -0.2) is 18.1 Å². The quantitative estimate of drug-likeness (QED) is 0.860. The van der Waals surface area contributed by atoms with Crippen molar-refractivity contribution in [2.24, 2.45) is 10.7 Å². The van der Waals surface area contributed by atoms with E-state index in [1.807, 2.05) is 30.3 Å². The minimum Gasteiger partial charge on any atom is -0.497 e. The van der Waals surface area contributed by atoms with Gasteiger partial charge in [0, 0.05) is 5.56 Å². The van der Waals surface area contributed by atoms with E-state index in [9.17, 15) is 5.11 Å². The van der Waals surface area contributed by atoms with Crippen molar-refractivity contribution in [3.05, 3.63) is 59.7 Å². The number of fused-ring (bicyclic) bond motifs is 1. The van der Waals surface area contributed by atoms with Crippen molar-refractivity contribution < 1.29 is 9.84 Å². The number of amidine groups is 1. The lowest BCUT2D eigenvalue weighted by Gasteiger charge is -2.24. The van der Waals surface area contributed by atoms with Crippen LogP contribution in [0.25, 0.3) is 0 Å². The minimum atomic E-state index is -1.38. The molecule has 19 heavy (non-hydrogen) atoms. The highest BCUT2D eigenvalue weighted by Gasteiger charge is 2.42. The fourth-order valence-corrected chi connectivity index (χ4v) is 2.36. The number of hydrogen-bond acceptors (Lipinski definition) is 4. The zero-order chi connectivity index (χ0) is 13.5. The summed E-state index contributed by atoms with van der Waals surface area (Å²) >= 11 is 0. The van der Waals surface area contributed by atoms with Crippen LogP contribution in [0.15, 0.2) is 53.5 Å². The SMILES string of the molecule is COc1ccc2c(c1)[C@](O)(c1ccccc1)C(N)=N2. The van der Waals surface area contributed by atoms with E-state index in [0.29, 0.717) is 22.6 Å². The van der Waals surface area contributed by atoms with Crippen molar-refractivity contribution >= 4 is 11.5 Å². The summed E-state index contributed by atoms with van der Waals surface area (Å²) in [5.74, 6) is 0.847. The van der Waals surface area contributed by atoms with E-state index in [1.165, 1.54) is 0 Å². The predicted molar refractivity (Wildman–Crippen MR) is 73.7 cm³/mol. The van der Waals surface area contributed by atoms with Gasteiger partial charge in [0.25, 0.3) is 0 Å². The van der Waals surface area contributed by atoms with Crippen molar-refractivity contribution in [1.29, 1.82) is 0 Å². The summed E-state index contributed by atoms with van der Waals surface area (Å²) in [6, 6.07) is 14.6. The summed E-state index contributed by atoms with van der Waals surface area (Å²) in [4.78, 5) is 4.25. The number of aliphatic hydroxyl groups is 1. The fourth-order valence-electron chi connectivity index (χ4n) is 2.36. The zero-order valence-corrected chi connectivity index (χ0v) is 10.5. The van der Waals surface area contributed by atoms with Gasteiger partial charge in [-0.1, -0.05) is 30.3 Å². The van der Waals surface area contributed by atoms with Crippen LogP contribution < -0.4 is 10.5 Å². The van der Waals surface area contributed by atoms with E-state index in [0.717, 1.165) is 0 Å². The summed E-state index contributed by atoms with van der Waals surface area (Å²) in [6.45, 7) is 0. The minimum absolute atomic E-state index is 0.182. The number of ether oxygens (including phenoxy) is 1. The Balaban J connectivity index is 2.22. The summed E-state index contributed by atoms with van der Waals surface area (Å²) in [7, 11) is 1.59. The van der Waals surface area contributed by atoms with E-state index in [4.69, 9.17) is 10.5 Å². The summed E-state index contributed by atoms with van der Waals surface area (Å²) in [6.07, 6.45) is 0. The van der Waals surface area contributed by atoms with Crippen molar-refractivity contribution in [3.63, 3.8) is 0 Å². The molecule has 4 nitrogen and oxygen atoms in total. The van der Waals surface area contributed by atoms with Crippen LogP contribution in [-0.2, 0) is 5.60 Å². The Morgan fingerprint density at radius 2 is 1.89 bits per heavy atom. The first-order valence-electron chi connectivity index (χ1n) is 5.97. The molecule has 2 aromatic rings. The van der Waals surface area contributed by atoms with E-state index in [1.54, 1.807) is 25.3 Å². The smallest absolute Gasteiger partial charge is 0.174 e. The second-order valence-electron chi connectivity index (χ2n) is 4.46. The molecule has 96 valence electrons. The topological polar surface area (TPSA) is 67.8 Å². The first kappa shape index (κ1) is 11.7. The van der Waals surface area contributed by atoms with Crippen LogP contribution in [0.3, 0.4) is 0 Å². The molecule has 2 aromatic carbocycles. The normalized spacial score (nSPS) is 20.8. The molecular weight excluding hydrogens is 240 g/mol. The molecule has 0 spiro atoms. The van der Waals surface area contributed by atoms with Crippen LogP contribution in [0.4, 0.5) is 5.69 Å². The second kappa shape index (κ2) is 4.10. The van der Waals surface area contributed by atoms with Gasteiger partial charge in [-0.3, -0.25) is 0 Å². The lowest BCUT2D eigenvalue weighted by molar-refractivity contribution is 0.158. The maximum Gasteiger partial charge on any atom is 0.174 e. The van der Waals surface area contributed by atoms with E-state index >= 15 is 0 Å². The molecular formula is C15H14N2O2. The molecule has 0 unspecified atom stereocenters. The number of rotatable bonds is 2. The molecule has 0 saturated carbocycles. The largest absolute Gasteiger partial charge is 0.497 e. The highest BCUT2D eigenvalue weighted by Crippen LogP contribution is 2.43. The van der Waals surface area contributed by atoms with Crippen LogP contribution in [0.5, 0.6) is 5.75 Å². The van der Waals surface area contributed by atoms with Gasteiger partial charge in [-0.05, 0) is 23.8 Å². The van der Waals surface area contributed by atoms with Gasteiger partial charge in [0.15, 0.2) is 5.60 Å². The van der Waals surface area contributed by atoms with E-state index in [2.05, 4.69) is 4.99 Å². The van der Waals surface area contributed by atoms with E-state index < -0.39 is 5.60 Å². The van der Waals surface area contributed by atoms with Gasteiger partial charge in [-0.2, -0.15) is 0 Å². The number of nitrogens with two attached hydrogens (primary N) is 1. The Labute approximate surface area is 111 Å². The number of methoxy groups -OCH3 is 1. The maximum absolute atomic E-state index is 11.0. The molecule has 1 atom stereocenters. The van der Waals surface area contributed by atoms with Crippen LogP contribution >= 0.6 is 0 Å². The molecule has 3 N–H and O–H groups in total. The summed E-state index contributed by atoms with van der Waals surface area (Å²) in [5.41, 5.74) is 6.58. The lowest BCUT2D eigenvalue weighted by atomic mass is 9.86. The highest BCUT2D eigenvalue weighted by molar-refractivity contribution is 6.00. The van der Waals surface area contributed by atoms with Gasteiger partial charge in [-0.25, -0.2) is 4.99 Å². The molecule has 1 aliphatic heterocycles. The van der Waals surface area contributed by atoms with Gasteiger partial charge >= 0.3 is 0 Å². The standard InChI is InChI=1S/C15H14N2O2/c1-19-11-7-8-13-12(9-11)15(18,14(16)17-13)10-5-3-2-4-6-10/h2-9,18H,1H3,(H2,16,17)/t15-/m1/s1. The number of hydrogen-bond donors (Lipinski definition) is 2. The van der Waals surface area contributed by atoms with Crippen molar-refractivity contribution in [3.8, 4) is 5.75 Å². The Hall–Kier alpha value is -2.33. The van der Waals surface area contributed by atoms with Gasteiger partial charge < -0.3 is 15.6 Å². The average Bonchev–Trinajstić information content (AvgIpc) is 2.72. The molecule has 3 rings (SSSR count). The molecule has 0 saturated heterocycles. The Morgan fingerprint density at radius 1 is 1.16 bits per heavy atom. The molecule has 0 radical (unpaired) electrons. The highest BCUT2D eigenvalue weighted by atomic mass is 16.5. The van der Waals surface area contributed by atoms with Gasteiger partial charge in [0.2, 0.25) is 0 Å². The van der Waals surface area contributed by atoms with Gasteiger partial charge in [0.05, 0.1) is 12.8 Å². The monoisotopic (exact) mass is 254 g/mol. The molecule has 1 heterocycles. The van der Waals surface area contributed by atoms with Crippen molar-refractivity contribution in [1.82, 2.24) is 0 Å². The number of aliphatic imine (C=N–C) groups is 1. The van der Waals surface area contributed by atoms with Gasteiger partial charge in [-0.15, -0.1) is 0 Å². The Bertz CT molecular complexity index is 652. The van der Waals surface area contributed by atoms with Crippen LogP contribution in [0.2, 0.25) is 0 Å². The molecule has 0 bridgehead atoms. The number of benzene rings is 2. The van der Waals surface area contributed by atoms with Crippen molar-refractivity contribution in [2.45, 2.75) is 5.60 Å². The predicted octanol–water partition coefficient (Wildman–Crippen LogP) is 1.93. The Kier molecular flexibility index (Phi) is 2.54. The van der Waals surface area contributed by atoms with Crippen molar-refractivity contribution in [2.75, 3.05) is 7.11 Å². The molecule has 0 aliphatic carbocycles. The summed E-state index contributed by atoms with van der Waals surface area (Å²) in [5, 5.41) is 11.0. The molecule has 1 aliphatic rings. The molecule has 4 heteroatoms. The van der Waals surface area contributed by atoms with Crippen LogP contribution in [0, 0.1) is 0 Å². The fraction of sp³-hybridized carbons (Fsp3) is 0.133. The first-order valence-corrected chi connectivity index (χ1v) is 5.97. The molecule has 0 amide bonds. The molecule has 0 aromatic heterocycles. The third kappa shape index (κ3) is 1.61. The van der Waals surface area contributed by atoms with Crippen LogP contribution in [0.1, 0.15) is 11.1 Å². The van der Waals surface area contributed by atoms with E-state index in [-0.39, 0.29) is 5.84 Å². The third-order valence-electron chi connectivity index (χ3n) is 3.40. The second-order valence-corrected chi connectivity index (χ2v) is 4.46. The average molecular weight is 254 g/mol.